The molecule has 0 radical (unpaired) electrons. The molecule has 330 valence electrons. The Bertz CT molecular complexity index is 4400. The quantitative estimate of drug-likeness (QED) is 0.167. The van der Waals surface area contributed by atoms with Gasteiger partial charge in [0, 0.05) is 83.3 Å². The summed E-state index contributed by atoms with van der Waals surface area (Å²) in [7, 11) is 0. The summed E-state index contributed by atoms with van der Waals surface area (Å²) in [5.74, 6) is 1.54. The minimum absolute atomic E-state index is 0.105. The highest BCUT2D eigenvalue weighted by molar-refractivity contribution is 6.14. The van der Waals surface area contributed by atoms with E-state index >= 15 is 0 Å². The summed E-state index contributed by atoms with van der Waals surface area (Å²) < 4.78 is 17.9. The highest BCUT2D eigenvalue weighted by Crippen LogP contribution is 2.44. The van der Waals surface area contributed by atoms with Crippen molar-refractivity contribution >= 4 is 88.2 Å². The topological polar surface area (TPSA) is 61.9 Å². The molecule has 0 saturated heterocycles. The number of benzene rings is 8. The number of hydrogen-bond donors (Lipinski definition) is 0. The Morgan fingerprint density at radius 2 is 1.24 bits per heavy atom. The first-order valence-corrected chi connectivity index (χ1v) is 24.2. The van der Waals surface area contributed by atoms with Crippen LogP contribution in [0.15, 0.2) is 215 Å². The van der Waals surface area contributed by atoms with Crippen molar-refractivity contribution < 1.29 is 8.83 Å². The van der Waals surface area contributed by atoms with Gasteiger partial charge in [-0.15, -0.1) is 0 Å². The van der Waals surface area contributed by atoms with Gasteiger partial charge in [-0.1, -0.05) is 152 Å². The SMILES string of the molecule is C1=Cc2c(c3ccccc3n2-c2ccc3c(c2)c2cccc(C4=CC(c5cccc6c5oc5ccccc56)CC=C4)c2n3-c2cc(-c3ccc4c(c3)oc3ccccc34)nc(-c3ccccc3)n2)CC1. The molecule has 2 aliphatic rings. The van der Waals surface area contributed by atoms with Crippen LogP contribution in [-0.4, -0.2) is 19.1 Å². The molecule has 5 aromatic heterocycles. The molecule has 0 spiro atoms. The van der Waals surface area contributed by atoms with Gasteiger partial charge in [0.25, 0.3) is 0 Å². The number of rotatable bonds is 6. The summed E-state index contributed by atoms with van der Waals surface area (Å²) >= 11 is 0. The molecule has 15 rings (SSSR count). The van der Waals surface area contributed by atoms with Crippen molar-refractivity contribution in [3.8, 4) is 34.2 Å². The zero-order valence-electron chi connectivity index (χ0n) is 38.0. The molecule has 1 unspecified atom stereocenters. The third kappa shape index (κ3) is 5.93. The van der Waals surface area contributed by atoms with Gasteiger partial charge in [-0.25, -0.2) is 9.97 Å². The monoisotopic (exact) mass is 898 g/mol. The molecule has 0 amide bonds. The van der Waals surface area contributed by atoms with E-state index in [1.54, 1.807) is 0 Å². The molecule has 1 atom stereocenters. The number of furan rings is 2. The van der Waals surface area contributed by atoms with Crippen molar-refractivity contribution in [2.24, 2.45) is 0 Å². The van der Waals surface area contributed by atoms with Crippen LogP contribution >= 0.6 is 0 Å². The van der Waals surface area contributed by atoms with Gasteiger partial charge in [0.15, 0.2) is 5.82 Å². The Kier molecular flexibility index (Phi) is 8.51. The third-order valence-electron chi connectivity index (χ3n) is 14.7. The minimum atomic E-state index is 0.105. The smallest absolute Gasteiger partial charge is 0.162 e. The second-order valence-corrected chi connectivity index (χ2v) is 18.7. The predicted octanol–water partition coefficient (Wildman–Crippen LogP) is 16.7. The third-order valence-corrected chi connectivity index (χ3v) is 14.7. The number of nitrogens with zero attached hydrogens (tertiary/aromatic N) is 4. The van der Waals surface area contributed by atoms with Crippen molar-refractivity contribution in [3.05, 3.63) is 229 Å². The molecular formula is C64H42N4O2. The number of hydrogen-bond acceptors (Lipinski definition) is 4. The molecular weight excluding hydrogens is 857 g/mol. The standard InChI is InChI=1S/C64H42N4O2/c1-2-15-39(16-3-1)64-65-54(42-31-33-50-48-21-6-10-29-58(48)69-60(50)36-42)38-61(66-64)68-57-34-32-43(67-55-27-8-4-19-46(55)47-20-5-9-28-56(47)67)37-53(57)51-25-13-23-44(62(51)68)40-17-12-18-41(35-40)45-24-14-26-52-49-22-7-11-30-59(49)70-63(45)52/h1-4,6-17,19,21-38,41H,5,18,20H2. The molecule has 2 aliphatic carbocycles. The van der Waals surface area contributed by atoms with Crippen LogP contribution in [0.1, 0.15) is 41.1 Å². The van der Waals surface area contributed by atoms with E-state index in [1.165, 1.54) is 27.7 Å². The first kappa shape index (κ1) is 39.0. The molecule has 0 bridgehead atoms. The Morgan fingerprint density at radius 3 is 2.14 bits per heavy atom. The molecule has 0 fully saturated rings. The van der Waals surface area contributed by atoms with Gasteiger partial charge >= 0.3 is 0 Å². The number of para-hydroxylation sites is 5. The Hall–Kier alpha value is -9.00. The van der Waals surface area contributed by atoms with E-state index in [2.05, 4.69) is 197 Å². The van der Waals surface area contributed by atoms with E-state index in [4.69, 9.17) is 18.8 Å². The number of aryl methyl sites for hydroxylation is 1. The van der Waals surface area contributed by atoms with Gasteiger partial charge in [-0.05, 0) is 85.0 Å². The molecule has 0 N–H and O–H groups in total. The highest BCUT2D eigenvalue weighted by atomic mass is 16.3. The van der Waals surface area contributed by atoms with Crippen molar-refractivity contribution in [3.63, 3.8) is 0 Å². The molecule has 0 saturated carbocycles. The van der Waals surface area contributed by atoms with Gasteiger partial charge in [0.2, 0.25) is 0 Å². The molecule has 70 heavy (non-hydrogen) atoms. The van der Waals surface area contributed by atoms with Crippen LogP contribution < -0.4 is 0 Å². The lowest BCUT2D eigenvalue weighted by Crippen LogP contribution is -2.05. The van der Waals surface area contributed by atoms with E-state index in [0.717, 1.165) is 124 Å². The summed E-state index contributed by atoms with van der Waals surface area (Å²) in [6.07, 6.45) is 14.6. The second kappa shape index (κ2) is 15.3. The predicted molar refractivity (Wildman–Crippen MR) is 287 cm³/mol. The molecule has 6 nitrogen and oxygen atoms in total. The summed E-state index contributed by atoms with van der Waals surface area (Å²) in [6, 6.07) is 64.6. The lowest BCUT2D eigenvalue weighted by Gasteiger charge is -2.19. The average Bonchev–Trinajstić information content (AvgIpc) is 4.19. The van der Waals surface area contributed by atoms with Crippen molar-refractivity contribution in [2.75, 3.05) is 0 Å². The Labute approximate surface area is 402 Å². The largest absolute Gasteiger partial charge is 0.456 e. The van der Waals surface area contributed by atoms with Gasteiger partial charge < -0.3 is 13.4 Å². The van der Waals surface area contributed by atoms with E-state index in [1.807, 2.05) is 24.3 Å². The zero-order valence-corrected chi connectivity index (χ0v) is 38.0. The maximum absolute atomic E-state index is 6.62. The fourth-order valence-corrected chi connectivity index (χ4v) is 11.6. The summed E-state index contributed by atoms with van der Waals surface area (Å²) in [4.78, 5) is 10.8. The molecule has 8 aromatic carbocycles. The van der Waals surface area contributed by atoms with E-state index in [-0.39, 0.29) is 5.92 Å². The lowest BCUT2D eigenvalue weighted by atomic mass is 9.86. The van der Waals surface area contributed by atoms with Crippen LogP contribution in [0.5, 0.6) is 0 Å². The first-order valence-electron chi connectivity index (χ1n) is 24.2. The summed E-state index contributed by atoms with van der Waals surface area (Å²) in [6.45, 7) is 0. The average molecular weight is 899 g/mol. The van der Waals surface area contributed by atoms with Gasteiger partial charge in [0.1, 0.15) is 28.1 Å². The first-order chi connectivity index (χ1) is 34.7. The fourth-order valence-electron chi connectivity index (χ4n) is 11.6. The fraction of sp³-hybridized carbons (Fsp3) is 0.0625. The van der Waals surface area contributed by atoms with Crippen molar-refractivity contribution in [2.45, 2.75) is 25.2 Å². The van der Waals surface area contributed by atoms with Gasteiger partial charge in [-0.2, -0.15) is 0 Å². The maximum Gasteiger partial charge on any atom is 0.162 e. The molecule has 5 heterocycles. The lowest BCUT2D eigenvalue weighted by molar-refractivity contribution is 0.657. The normalized spacial score (nSPS) is 14.8. The highest BCUT2D eigenvalue weighted by Gasteiger charge is 2.25. The zero-order chi connectivity index (χ0) is 45.9. The second-order valence-electron chi connectivity index (χ2n) is 18.7. The van der Waals surface area contributed by atoms with Crippen LogP contribution in [0.4, 0.5) is 0 Å². The molecule has 6 heteroatoms. The van der Waals surface area contributed by atoms with Crippen molar-refractivity contribution in [1.82, 2.24) is 19.1 Å². The van der Waals surface area contributed by atoms with Crippen LogP contribution in [-0.2, 0) is 6.42 Å². The van der Waals surface area contributed by atoms with Crippen LogP contribution in [0.3, 0.4) is 0 Å². The number of aromatic nitrogens is 4. The molecule has 13 aromatic rings. The van der Waals surface area contributed by atoms with Crippen LogP contribution in [0.2, 0.25) is 0 Å². The molecule has 0 aliphatic heterocycles. The van der Waals surface area contributed by atoms with E-state index in [0.29, 0.717) is 5.82 Å². The minimum Gasteiger partial charge on any atom is -0.456 e. The van der Waals surface area contributed by atoms with Crippen molar-refractivity contribution in [1.29, 1.82) is 0 Å². The van der Waals surface area contributed by atoms with Gasteiger partial charge in [-0.3, -0.25) is 4.57 Å². The van der Waals surface area contributed by atoms with E-state index < -0.39 is 0 Å². The summed E-state index contributed by atoms with van der Waals surface area (Å²) in [5, 5.41) is 8.09. The van der Waals surface area contributed by atoms with E-state index in [9.17, 15) is 0 Å². The van der Waals surface area contributed by atoms with Crippen LogP contribution in [0, 0.1) is 0 Å². The maximum atomic E-state index is 6.62. The Morgan fingerprint density at radius 1 is 0.500 bits per heavy atom. The summed E-state index contributed by atoms with van der Waals surface area (Å²) in [5.41, 5.74) is 16.9. The Balaban J connectivity index is 0.988. The number of allylic oxidation sites excluding steroid dienone is 5. The van der Waals surface area contributed by atoms with Gasteiger partial charge in [0.05, 0.1) is 22.2 Å². The number of fused-ring (bicyclic) bond motifs is 12. The van der Waals surface area contributed by atoms with Crippen LogP contribution in [0.25, 0.3) is 122 Å².